The molecule has 0 bridgehead atoms. The molecule has 0 aromatic carbocycles. The number of rotatable bonds is 5. The lowest BCUT2D eigenvalue weighted by molar-refractivity contribution is -0.134. The van der Waals surface area contributed by atoms with Gasteiger partial charge in [0.05, 0.1) is 0 Å². The third-order valence-corrected chi connectivity index (χ3v) is 3.68. The van der Waals surface area contributed by atoms with Gasteiger partial charge in [0.15, 0.2) is 0 Å². The van der Waals surface area contributed by atoms with Crippen molar-refractivity contribution in [2.24, 2.45) is 5.73 Å². The Balaban J connectivity index is 1.92. The Morgan fingerprint density at radius 2 is 1.94 bits per heavy atom. The second-order valence-corrected chi connectivity index (χ2v) is 4.93. The Hall–Kier alpha value is -1.14. The highest BCUT2D eigenvalue weighted by molar-refractivity contribution is 6.07. The average Bonchev–Trinajstić information content (AvgIpc) is 2.59. The van der Waals surface area contributed by atoms with E-state index in [2.05, 4.69) is 5.32 Å². The van der Waals surface area contributed by atoms with Gasteiger partial charge in [-0.1, -0.05) is 6.42 Å². The molecule has 6 heteroatoms. The Kier molecular flexibility index (Phi) is 4.19. The lowest BCUT2D eigenvalue weighted by Gasteiger charge is -2.30. The molecule has 3 N–H and O–H groups in total. The Labute approximate surface area is 107 Å². The highest BCUT2D eigenvalue weighted by atomic mass is 16.5. The minimum Gasteiger partial charge on any atom is -0.381 e. The summed E-state index contributed by atoms with van der Waals surface area (Å²) < 4.78 is 5.25. The standard InChI is InChI=1S/C12H21N3O3/c13-6-2-1-3-7-15-10(16)12(14-11(15)17)4-8-18-9-5-12/h1-9,13H2,(H,14,17). The summed E-state index contributed by atoms with van der Waals surface area (Å²) in [6.07, 6.45) is 3.86. The fraction of sp³-hybridized carbons (Fsp3) is 0.833. The normalized spacial score (nSPS) is 22.6. The molecule has 2 fully saturated rings. The molecule has 6 nitrogen and oxygen atoms in total. The molecule has 0 saturated carbocycles. The third-order valence-electron chi connectivity index (χ3n) is 3.68. The number of nitrogens with two attached hydrogens (primary N) is 1. The first-order chi connectivity index (χ1) is 8.69. The number of ether oxygens (including phenoxy) is 1. The van der Waals surface area contributed by atoms with Gasteiger partial charge in [-0.25, -0.2) is 4.79 Å². The molecule has 0 aliphatic carbocycles. The predicted molar refractivity (Wildman–Crippen MR) is 65.9 cm³/mol. The van der Waals surface area contributed by atoms with Crippen molar-refractivity contribution in [1.82, 2.24) is 10.2 Å². The number of urea groups is 1. The molecular weight excluding hydrogens is 234 g/mol. The van der Waals surface area contributed by atoms with Crippen LogP contribution in [0.2, 0.25) is 0 Å². The van der Waals surface area contributed by atoms with Crippen molar-refractivity contribution < 1.29 is 14.3 Å². The van der Waals surface area contributed by atoms with E-state index in [4.69, 9.17) is 10.5 Å². The quantitative estimate of drug-likeness (QED) is 0.543. The summed E-state index contributed by atoms with van der Waals surface area (Å²) in [6, 6.07) is -0.255. The van der Waals surface area contributed by atoms with Crippen LogP contribution in [-0.2, 0) is 9.53 Å². The number of unbranched alkanes of at least 4 members (excludes halogenated alkanes) is 2. The summed E-state index contributed by atoms with van der Waals surface area (Å²) in [7, 11) is 0. The number of amides is 3. The zero-order valence-corrected chi connectivity index (χ0v) is 10.6. The summed E-state index contributed by atoms with van der Waals surface area (Å²) in [5, 5.41) is 2.84. The highest BCUT2D eigenvalue weighted by Gasteiger charge is 2.51. The molecule has 0 atom stereocenters. The SMILES string of the molecule is NCCCCCN1C(=O)NC2(CCOCC2)C1=O. The molecule has 1 spiro atoms. The van der Waals surface area contributed by atoms with Crippen LogP contribution in [0.3, 0.4) is 0 Å². The van der Waals surface area contributed by atoms with Gasteiger partial charge >= 0.3 is 6.03 Å². The molecule has 0 unspecified atom stereocenters. The van der Waals surface area contributed by atoms with Crippen molar-refractivity contribution in [3.63, 3.8) is 0 Å². The van der Waals surface area contributed by atoms with E-state index in [-0.39, 0.29) is 11.9 Å². The number of nitrogens with zero attached hydrogens (tertiary/aromatic N) is 1. The maximum Gasteiger partial charge on any atom is 0.325 e. The number of imide groups is 1. The Morgan fingerprint density at radius 3 is 2.61 bits per heavy atom. The van der Waals surface area contributed by atoms with E-state index in [0.717, 1.165) is 19.3 Å². The van der Waals surface area contributed by atoms with E-state index in [1.54, 1.807) is 0 Å². The molecule has 0 aromatic heterocycles. The minimum absolute atomic E-state index is 0.0800. The molecule has 0 aromatic rings. The van der Waals surface area contributed by atoms with Crippen LogP contribution in [-0.4, -0.2) is 48.7 Å². The van der Waals surface area contributed by atoms with Gasteiger partial charge < -0.3 is 15.8 Å². The van der Waals surface area contributed by atoms with Gasteiger partial charge in [-0.15, -0.1) is 0 Å². The molecule has 2 rings (SSSR count). The first kappa shape index (κ1) is 13.3. The molecule has 102 valence electrons. The van der Waals surface area contributed by atoms with Gasteiger partial charge in [-0.2, -0.15) is 0 Å². The number of hydrogen-bond acceptors (Lipinski definition) is 4. The summed E-state index contributed by atoms with van der Waals surface area (Å²) in [5.41, 5.74) is 4.72. The van der Waals surface area contributed by atoms with Crippen LogP contribution in [0.5, 0.6) is 0 Å². The molecule has 2 aliphatic rings. The van der Waals surface area contributed by atoms with E-state index in [1.807, 2.05) is 0 Å². The monoisotopic (exact) mass is 255 g/mol. The minimum atomic E-state index is -0.691. The van der Waals surface area contributed by atoms with Gasteiger partial charge in [-0.05, 0) is 19.4 Å². The van der Waals surface area contributed by atoms with Crippen molar-refractivity contribution in [2.45, 2.75) is 37.6 Å². The van der Waals surface area contributed by atoms with Gasteiger partial charge in [0.2, 0.25) is 0 Å². The second-order valence-electron chi connectivity index (χ2n) is 4.93. The first-order valence-electron chi connectivity index (χ1n) is 6.61. The lowest BCUT2D eigenvalue weighted by atomic mass is 9.90. The van der Waals surface area contributed by atoms with Crippen LogP contribution in [0, 0.1) is 0 Å². The molecular formula is C12H21N3O3. The number of hydrogen-bond donors (Lipinski definition) is 2. The highest BCUT2D eigenvalue weighted by Crippen LogP contribution is 2.28. The number of nitrogens with one attached hydrogen (secondary N) is 1. The van der Waals surface area contributed by atoms with Gasteiger partial charge in [0.1, 0.15) is 5.54 Å². The topological polar surface area (TPSA) is 84.7 Å². The Morgan fingerprint density at radius 1 is 1.22 bits per heavy atom. The van der Waals surface area contributed by atoms with E-state index < -0.39 is 5.54 Å². The van der Waals surface area contributed by atoms with Gasteiger partial charge in [0, 0.05) is 32.6 Å². The van der Waals surface area contributed by atoms with Gasteiger partial charge in [-0.3, -0.25) is 9.69 Å². The van der Waals surface area contributed by atoms with Crippen LogP contribution in [0.15, 0.2) is 0 Å². The largest absolute Gasteiger partial charge is 0.381 e. The van der Waals surface area contributed by atoms with Crippen molar-refractivity contribution in [1.29, 1.82) is 0 Å². The summed E-state index contributed by atoms with van der Waals surface area (Å²) >= 11 is 0. The first-order valence-corrected chi connectivity index (χ1v) is 6.61. The second kappa shape index (κ2) is 5.67. The fourth-order valence-corrected chi connectivity index (χ4v) is 2.53. The summed E-state index contributed by atoms with van der Waals surface area (Å²) in [4.78, 5) is 25.5. The van der Waals surface area contributed by atoms with Gasteiger partial charge in [0.25, 0.3) is 5.91 Å². The van der Waals surface area contributed by atoms with Crippen molar-refractivity contribution in [2.75, 3.05) is 26.3 Å². The lowest BCUT2D eigenvalue weighted by Crippen LogP contribution is -2.51. The van der Waals surface area contributed by atoms with E-state index in [0.29, 0.717) is 39.1 Å². The molecule has 2 heterocycles. The Bertz CT molecular complexity index is 327. The average molecular weight is 255 g/mol. The zero-order valence-electron chi connectivity index (χ0n) is 10.6. The van der Waals surface area contributed by atoms with Crippen LogP contribution in [0.4, 0.5) is 4.79 Å². The van der Waals surface area contributed by atoms with Crippen molar-refractivity contribution in [3.05, 3.63) is 0 Å². The summed E-state index contributed by atoms with van der Waals surface area (Å²) in [5.74, 6) is -0.0800. The third kappa shape index (κ3) is 2.49. The van der Waals surface area contributed by atoms with E-state index in [9.17, 15) is 9.59 Å². The maximum atomic E-state index is 12.3. The van der Waals surface area contributed by atoms with Crippen LogP contribution >= 0.6 is 0 Å². The maximum absolute atomic E-state index is 12.3. The molecule has 18 heavy (non-hydrogen) atoms. The predicted octanol–water partition coefficient (Wildman–Crippen LogP) is 0.216. The van der Waals surface area contributed by atoms with E-state index in [1.165, 1.54) is 4.90 Å². The fourth-order valence-electron chi connectivity index (χ4n) is 2.53. The molecule has 2 saturated heterocycles. The smallest absolute Gasteiger partial charge is 0.325 e. The summed E-state index contributed by atoms with van der Waals surface area (Å²) in [6.45, 7) is 2.22. The van der Waals surface area contributed by atoms with Crippen LogP contribution < -0.4 is 11.1 Å². The van der Waals surface area contributed by atoms with E-state index >= 15 is 0 Å². The molecule has 0 radical (unpaired) electrons. The zero-order chi connectivity index (χ0) is 13.0. The molecule has 3 amide bonds. The van der Waals surface area contributed by atoms with Crippen LogP contribution in [0.25, 0.3) is 0 Å². The number of carbonyl (C=O) groups is 2. The van der Waals surface area contributed by atoms with Crippen molar-refractivity contribution in [3.8, 4) is 0 Å². The number of carbonyl (C=O) groups excluding carboxylic acids is 2. The van der Waals surface area contributed by atoms with Crippen LogP contribution in [0.1, 0.15) is 32.1 Å². The molecule has 2 aliphatic heterocycles. The van der Waals surface area contributed by atoms with Crippen molar-refractivity contribution >= 4 is 11.9 Å².